The van der Waals surface area contributed by atoms with Gasteiger partial charge in [0.25, 0.3) is 0 Å². The van der Waals surface area contributed by atoms with E-state index < -0.39 is 0 Å². The maximum Gasteiger partial charge on any atom is 0.162 e. The molecule has 0 aromatic heterocycles. The molecule has 70 valence electrons. The minimum absolute atomic E-state index is 0.0475. The highest BCUT2D eigenvalue weighted by molar-refractivity contribution is 6.30. The average molecular weight is 200 g/mol. The molecule has 13 heavy (non-hydrogen) atoms. The van der Waals surface area contributed by atoms with Crippen molar-refractivity contribution in [3.8, 4) is 11.5 Å². The molecule has 0 amide bonds. The number of rotatable bonds is 1. The number of hydrogen-bond donors (Lipinski definition) is 1. The average Bonchev–Trinajstić information content (AvgIpc) is 2.17. The van der Waals surface area contributed by atoms with Crippen molar-refractivity contribution in [1.82, 2.24) is 0 Å². The zero-order valence-corrected chi connectivity index (χ0v) is 7.75. The Bertz CT molecular complexity index is 316. The molecule has 1 heterocycles. The van der Waals surface area contributed by atoms with Crippen molar-refractivity contribution in [2.75, 3.05) is 13.2 Å². The van der Waals surface area contributed by atoms with Gasteiger partial charge in [-0.3, -0.25) is 0 Å². The first-order valence-corrected chi connectivity index (χ1v) is 4.46. The molecule has 1 aromatic carbocycles. The van der Waals surface area contributed by atoms with Gasteiger partial charge in [0.1, 0.15) is 12.7 Å². The van der Waals surface area contributed by atoms with Gasteiger partial charge < -0.3 is 15.2 Å². The van der Waals surface area contributed by atoms with Crippen molar-refractivity contribution < 1.29 is 9.47 Å². The number of halogens is 1. The van der Waals surface area contributed by atoms with Gasteiger partial charge >= 0.3 is 0 Å². The predicted molar refractivity (Wildman–Crippen MR) is 50.4 cm³/mol. The standard InChI is InChI=1S/C9H10ClNO2/c10-6-1-2-8-9(3-6)12-5-7(4-11)13-8/h1-3,7H,4-5,11H2. The van der Waals surface area contributed by atoms with Crippen LogP contribution in [0.2, 0.25) is 5.02 Å². The maximum absolute atomic E-state index is 5.79. The van der Waals surface area contributed by atoms with Gasteiger partial charge in [-0.1, -0.05) is 11.6 Å². The number of hydrogen-bond acceptors (Lipinski definition) is 3. The summed E-state index contributed by atoms with van der Waals surface area (Å²) in [7, 11) is 0. The van der Waals surface area contributed by atoms with Crippen LogP contribution in [0.4, 0.5) is 0 Å². The molecular weight excluding hydrogens is 190 g/mol. The number of fused-ring (bicyclic) bond motifs is 1. The first kappa shape index (κ1) is 8.66. The van der Waals surface area contributed by atoms with E-state index >= 15 is 0 Å². The molecule has 1 aliphatic heterocycles. The molecule has 0 saturated heterocycles. The quantitative estimate of drug-likeness (QED) is 0.745. The minimum Gasteiger partial charge on any atom is -0.486 e. The van der Waals surface area contributed by atoms with E-state index in [-0.39, 0.29) is 6.10 Å². The highest BCUT2D eigenvalue weighted by Gasteiger charge is 2.19. The monoisotopic (exact) mass is 199 g/mol. The molecule has 3 nitrogen and oxygen atoms in total. The molecule has 0 aliphatic carbocycles. The van der Waals surface area contributed by atoms with Gasteiger partial charge in [-0.2, -0.15) is 0 Å². The summed E-state index contributed by atoms with van der Waals surface area (Å²) in [5.74, 6) is 1.41. The normalized spacial score (nSPS) is 20.0. The van der Waals surface area contributed by atoms with Crippen LogP contribution in [0.1, 0.15) is 0 Å². The number of nitrogens with two attached hydrogens (primary N) is 1. The molecule has 1 aromatic rings. The first-order chi connectivity index (χ1) is 6.29. The fourth-order valence-corrected chi connectivity index (χ4v) is 1.37. The summed E-state index contributed by atoms with van der Waals surface area (Å²) in [6.07, 6.45) is -0.0475. The molecule has 4 heteroatoms. The van der Waals surface area contributed by atoms with Crippen LogP contribution in [0.15, 0.2) is 18.2 Å². The Balaban J connectivity index is 2.26. The Morgan fingerprint density at radius 2 is 2.31 bits per heavy atom. The van der Waals surface area contributed by atoms with Gasteiger partial charge in [0.15, 0.2) is 11.5 Å². The maximum atomic E-state index is 5.79. The van der Waals surface area contributed by atoms with Gasteiger partial charge in [-0.15, -0.1) is 0 Å². The summed E-state index contributed by atoms with van der Waals surface area (Å²) in [6, 6.07) is 5.30. The van der Waals surface area contributed by atoms with Crippen LogP contribution in [-0.2, 0) is 0 Å². The molecule has 0 fully saturated rings. The van der Waals surface area contributed by atoms with E-state index in [2.05, 4.69) is 0 Å². The van der Waals surface area contributed by atoms with Crippen LogP contribution < -0.4 is 15.2 Å². The van der Waals surface area contributed by atoms with Crippen molar-refractivity contribution >= 4 is 11.6 Å². The predicted octanol–water partition coefficient (Wildman–Crippen LogP) is 1.44. The summed E-state index contributed by atoms with van der Waals surface area (Å²) in [5.41, 5.74) is 5.46. The fraction of sp³-hybridized carbons (Fsp3) is 0.333. The van der Waals surface area contributed by atoms with E-state index in [0.717, 1.165) is 0 Å². The Hall–Kier alpha value is -0.930. The van der Waals surface area contributed by atoms with Gasteiger partial charge in [-0.05, 0) is 12.1 Å². The van der Waals surface area contributed by atoms with Crippen molar-refractivity contribution in [2.45, 2.75) is 6.10 Å². The zero-order chi connectivity index (χ0) is 9.26. The highest BCUT2D eigenvalue weighted by Crippen LogP contribution is 2.33. The minimum atomic E-state index is -0.0475. The lowest BCUT2D eigenvalue weighted by atomic mass is 10.2. The third-order valence-electron chi connectivity index (χ3n) is 1.89. The molecule has 0 spiro atoms. The summed E-state index contributed by atoms with van der Waals surface area (Å²) < 4.78 is 10.9. The molecule has 1 atom stereocenters. The summed E-state index contributed by atoms with van der Waals surface area (Å²) in [4.78, 5) is 0. The van der Waals surface area contributed by atoms with Gasteiger partial charge in [0.2, 0.25) is 0 Å². The lowest BCUT2D eigenvalue weighted by Gasteiger charge is -2.25. The molecule has 0 bridgehead atoms. The van der Waals surface area contributed by atoms with Gasteiger partial charge in [0.05, 0.1) is 0 Å². The summed E-state index contributed by atoms with van der Waals surface area (Å²) in [5, 5.41) is 0.647. The van der Waals surface area contributed by atoms with Crippen LogP contribution in [0.5, 0.6) is 11.5 Å². The van der Waals surface area contributed by atoms with Crippen molar-refractivity contribution in [3.05, 3.63) is 23.2 Å². The second kappa shape index (κ2) is 3.44. The Morgan fingerprint density at radius 3 is 3.08 bits per heavy atom. The third-order valence-corrected chi connectivity index (χ3v) is 2.12. The SMILES string of the molecule is NCC1COc2cc(Cl)ccc2O1. The molecule has 0 saturated carbocycles. The zero-order valence-electron chi connectivity index (χ0n) is 7.00. The molecule has 2 rings (SSSR count). The molecule has 0 radical (unpaired) electrons. The third kappa shape index (κ3) is 1.71. The van der Waals surface area contributed by atoms with Gasteiger partial charge in [0, 0.05) is 17.6 Å². The Morgan fingerprint density at radius 1 is 1.46 bits per heavy atom. The smallest absolute Gasteiger partial charge is 0.162 e. The van der Waals surface area contributed by atoms with E-state index in [1.54, 1.807) is 18.2 Å². The number of ether oxygens (including phenoxy) is 2. The van der Waals surface area contributed by atoms with E-state index in [1.165, 1.54) is 0 Å². The molecule has 2 N–H and O–H groups in total. The number of benzene rings is 1. The van der Waals surface area contributed by atoms with E-state index in [4.69, 9.17) is 26.8 Å². The Labute approximate surface area is 81.4 Å². The second-order valence-electron chi connectivity index (χ2n) is 2.88. The van der Waals surface area contributed by atoms with Crippen LogP contribution in [0.3, 0.4) is 0 Å². The molecular formula is C9H10ClNO2. The largest absolute Gasteiger partial charge is 0.486 e. The van der Waals surface area contributed by atoms with Crippen molar-refractivity contribution in [2.24, 2.45) is 5.73 Å². The highest BCUT2D eigenvalue weighted by atomic mass is 35.5. The lowest BCUT2D eigenvalue weighted by molar-refractivity contribution is 0.0969. The van der Waals surface area contributed by atoms with Crippen molar-refractivity contribution in [1.29, 1.82) is 0 Å². The lowest BCUT2D eigenvalue weighted by Crippen LogP contribution is -2.35. The van der Waals surface area contributed by atoms with E-state index in [1.807, 2.05) is 0 Å². The summed E-state index contributed by atoms with van der Waals surface area (Å²) >= 11 is 5.79. The van der Waals surface area contributed by atoms with Crippen LogP contribution in [-0.4, -0.2) is 19.3 Å². The Kier molecular flexibility index (Phi) is 2.29. The summed E-state index contributed by atoms with van der Waals surface area (Å²) in [6.45, 7) is 0.950. The van der Waals surface area contributed by atoms with E-state index in [9.17, 15) is 0 Å². The fourth-order valence-electron chi connectivity index (χ4n) is 1.20. The molecule has 1 unspecified atom stereocenters. The van der Waals surface area contributed by atoms with Crippen LogP contribution in [0.25, 0.3) is 0 Å². The molecule has 1 aliphatic rings. The van der Waals surface area contributed by atoms with Gasteiger partial charge in [-0.25, -0.2) is 0 Å². The van der Waals surface area contributed by atoms with Crippen molar-refractivity contribution in [3.63, 3.8) is 0 Å². The second-order valence-corrected chi connectivity index (χ2v) is 3.31. The van der Waals surface area contributed by atoms with E-state index in [0.29, 0.717) is 29.7 Å². The van der Waals surface area contributed by atoms with Crippen LogP contribution in [0, 0.1) is 0 Å². The topological polar surface area (TPSA) is 44.5 Å². The van der Waals surface area contributed by atoms with Crippen LogP contribution >= 0.6 is 11.6 Å². The first-order valence-electron chi connectivity index (χ1n) is 4.08.